The lowest BCUT2D eigenvalue weighted by molar-refractivity contribution is 0.101. The third-order valence-corrected chi connectivity index (χ3v) is 2.69. The van der Waals surface area contributed by atoms with Crippen molar-refractivity contribution in [1.29, 1.82) is 0 Å². The lowest BCUT2D eigenvalue weighted by Crippen LogP contribution is -2.10. The molecule has 0 aliphatic heterocycles. The molecule has 3 N–H and O–H groups in total. The molecule has 0 saturated heterocycles. The molecule has 1 aromatic heterocycles. The highest BCUT2D eigenvalue weighted by atomic mass is 16.1. The van der Waals surface area contributed by atoms with E-state index in [-0.39, 0.29) is 5.78 Å². The molecule has 0 atom stereocenters. The molecule has 0 aliphatic rings. The van der Waals surface area contributed by atoms with E-state index >= 15 is 0 Å². The fourth-order valence-corrected chi connectivity index (χ4v) is 1.74. The second-order valence-electron chi connectivity index (χ2n) is 4.09. The molecule has 0 saturated carbocycles. The normalized spacial score (nSPS) is 10.3. The molecule has 2 rings (SSSR count). The highest BCUT2D eigenvalue weighted by Gasteiger charge is 2.04. The number of nitrogens with one attached hydrogen (secondary N) is 1. The van der Waals surface area contributed by atoms with Crippen LogP contribution in [0.1, 0.15) is 17.3 Å². The fraction of sp³-hybridized carbons (Fsp3) is 0.231. The second-order valence-corrected chi connectivity index (χ2v) is 4.09. The number of aromatic nitrogens is 2. The van der Waals surface area contributed by atoms with Crippen LogP contribution in [0.4, 0.5) is 11.4 Å². The highest BCUT2D eigenvalue weighted by molar-refractivity contribution is 5.99. The number of nitrogens with two attached hydrogens (primary N) is 1. The minimum Gasteiger partial charge on any atom is -0.398 e. The van der Waals surface area contributed by atoms with Gasteiger partial charge in [0.15, 0.2) is 5.78 Å². The van der Waals surface area contributed by atoms with Crippen LogP contribution < -0.4 is 11.1 Å². The van der Waals surface area contributed by atoms with E-state index in [1.165, 1.54) is 6.92 Å². The van der Waals surface area contributed by atoms with Crippen molar-refractivity contribution >= 4 is 17.2 Å². The molecule has 0 fully saturated rings. The second kappa shape index (κ2) is 5.35. The Morgan fingerprint density at radius 1 is 1.50 bits per heavy atom. The summed E-state index contributed by atoms with van der Waals surface area (Å²) in [5, 5.41) is 3.25. The molecule has 5 heteroatoms. The van der Waals surface area contributed by atoms with Crippen LogP contribution in [-0.4, -0.2) is 21.9 Å². The van der Waals surface area contributed by atoms with E-state index in [1.807, 2.05) is 16.8 Å². The van der Waals surface area contributed by atoms with Crippen molar-refractivity contribution in [3.8, 4) is 0 Å². The van der Waals surface area contributed by atoms with E-state index in [1.54, 1.807) is 24.7 Å². The maximum atomic E-state index is 11.2. The predicted molar refractivity (Wildman–Crippen MR) is 71.6 cm³/mol. The average Bonchev–Trinajstić information content (AvgIpc) is 2.81. The number of benzene rings is 1. The number of anilines is 2. The minimum absolute atomic E-state index is 0.0162. The summed E-state index contributed by atoms with van der Waals surface area (Å²) in [7, 11) is 0. The van der Waals surface area contributed by atoms with Gasteiger partial charge in [0.05, 0.1) is 6.33 Å². The van der Waals surface area contributed by atoms with Gasteiger partial charge in [-0.1, -0.05) is 0 Å². The van der Waals surface area contributed by atoms with E-state index in [9.17, 15) is 4.79 Å². The van der Waals surface area contributed by atoms with Gasteiger partial charge in [0, 0.05) is 42.4 Å². The van der Waals surface area contributed by atoms with Gasteiger partial charge in [0.2, 0.25) is 0 Å². The molecule has 0 bridgehead atoms. The Labute approximate surface area is 106 Å². The van der Waals surface area contributed by atoms with Crippen LogP contribution >= 0.6 is 0 Å². The van der Waals surface area contributed by atoms with Crippen molar-refractivity contribution in [2.75, 3.05) is 17.6 Å². The van der Waals surface area contributed by atoms with Gasteiger partial charge >= 0.3 is 0 Å². The van der Waals surface area contributed by atoms with Crippen LogP contribution in [-0.2, 0) is 6.54 Å². The van der Waals surface area contributed by atoms with Gasteiger partial charge in [0.25, 0.3) is 0 Å². The number of Topliss-reactive ketones (excluding diaryl/α,β-unsaturated/α-hetero) is 1. The van der Waals surface area contributed by atoms with Gasteiger partial charge in [-0.2, -0.15) is 0 Å². The number of imidazole rings is 1. The van der Waals surface area contributed by atoms with Crippen molar-refractivity contribution in [3.63, 3.8) is 0 Å². The topological polar surface area (TPSA) is 72.9 Å². The Kier molecular flexibility index (Phi) is 3.62. The van der Waals surface area contributed by atoms with Crippen molar-refractivity contribution < 1.29 is 4.79 Å². The van der Waals surface area contributed by atoms with E-state index in [2.05, 4.69) is 10.3 Å². The van der Waals surface area contributed by atoms with Crippen LogP contribution in [0.3, 0.4) is 0 Å². The minimum atomic E-state index is -0.0162. The van der Waals surface area contributed by atoms with E-state index in [4.69, 9.17) is 5.73 Å². The first-order valence-corrected chi connectivity index (χ1v) is 5.77. The Morgan fingerprint density at radius 3 is 2.94 bits per heavy atom. The lowest BCUT2D eigenvalue weighted by atomic mass is 10.1. The zero-order chi connectivity index (χ0) is 13.0. The Morgan fingerprint density at radius 2 is 2.33 bits per heavy atom. The molecule has 0 radical (unpaired) electrons. The largest absolute Gasteiger partial charge is 0.398 e. The van der Waals surface area contributed by atoms with Gasteiger partial charge in [-0.05, 0) is 25.1 Å². The van der Waals surface area contributed by atoms with Gasteiger partial charge in [-0.25, -0.2) is 4.98 Å². The molecule has 0 amide bonds. The van der Waals surface area contributed by atoms with Crippen LogP contribution in [0, 0.1) is 0 Å². The lowest BCUT2D eigenvalue weighted by Gasteiger charge is -2.09. The molecular formula is C13H16N4O. The van der Waals surface area contributed by atoms with Crippen LogP contribution in [0.15, 0.2) is 36.9 Å². The van der Waals surface area contributed by atoms with Crippen LogP contribution in [0.25, 0.3) is 0 Å². The van der Waals surface area contributed by atoms with Gasteiger partial charge in [0.1, 0.15) is 0 Å². The quantitative estimate of drug-likeness (QED) is 0.621. The van der Waals surface area contributed by atoms with Crippen molar-refractivity contribution in [2.45, 2.75) is 13.5 Å². The highest BCUT2D eigenvalue weighted by Crippen LogP contribution is 2.18. The van der Waals surface area contributed by atoms with Gasteiger partial charge in [-0.15, -0.1) is 0 Å². The number of carbonyl (C=O) groups excluding carboxylic acids is 1. The number of nitrogen functional groups attached to an aromatic ring is 1. The SMILES string of the molecule is CC(=O)c1ccc(NCCn2ccnc2)cc1N. The zero-order valence-corrected chi connectivity index (χ0v) is 10.3. The summed E-state index contributed by atoms with van der Waals surface area (Å²) in [6.07, 6.45) is 5.43. The molecule has 1 heterocycles. The van der Waals surface area contributed by atoms with E-state index < -0.39 is 0 Å². The molecule has 0 unspecified atom stereocenters. The molecular weight excluding hydrogens is 228 g/mol. The zero-order valence-electron chi connectivity index (χ0n) is 10.3. The Hall–Kier alpha value is -2.30. The number of hydrogen-bond acceptors (Lipinski definition) is 4. The third kappa shape index (κ3) is 2.88. The van der Waals surface area contributed by atoms with Crippen LogP contribution in [0.5, 0.6) is 0 Å². The predicted octanol–water partition coefficient (Wildman–Crippen LogP) is 1.78. The summed E-state index contributed by atoms with van der Waals surface area (Å²) < 4.78 is 1.99. The number of nitrogens with zero attached hydrogens (tertiary/aromatic N) is 2. The number of ketones is 1. The number of rotatable bonds is 5. The fourth-order valence-electron chi connectivity index (χ4n) is 1.74. The molecule has 94 valence electrons. The van der Waals surface area contributed by atoms with E-state index in [0.717, 1.165) is 18.8 Å². The first-order valence-electron chi connectivity index (χ1n) is 5.77. The molecule has 0 aliphatic carbocycles. The van der Waals surface area contributed by atoms with Crippen molar-refractivity contribution in [2.24, 2.45) is 0 Å². The van der Waals surface area contributed by atoms with Crippen molar-refractivity contribution in [3.05, 3.63) is 42.5 Å². The summed E-state index contributed by atoms with van der Waals surface area (Å²) in [6.45, 7) is 3.11. The van der Waals surface area contributed by atoms with Crippen LogP contribution in [0.2, 0.25) is 0 Å². The molecule has 5 nitrogen and oxygen atoms in total. The third-order valence-electron chi connectivity index (χ3n) is 2.69. The smallest absolute Gasteiger partial charge is 0.161 e. The average molecular weight is 244 g/mol. The maximum Gasteiger partial charge on any atom is 0.161 e. The molecule has 0 spiro atoms. The van der Waals surface area contributed by atoms with Crippen molar-refractivity contribution in [1.82, 2.24) is 9.55 Å². The Balaban J connectivity index is 1.94. The maximum absolute atomic E-state index is 11.2. The molecule has 1 aromatic carbocycles. The van der Waals surface area contributed by atoms with Gasteiger partial charge < -0.3 is 15.6 Å². The monoisotopic (exact) mass is 244 g/mol. The summed E-state index contributed by atoms with van der Waals surface area (Å²) in [5.41, 5.74) is 7.80. The van der Waals surface area contributed by atoms with Gasteiger partial charge in [-0.3, -0.25) is 4.79 Å². The Bertz CT molecular complexity index is 534. The summed E-state index contributed by atoms with van der Waals surface area (Å²) in [4.78, 5) is 15.2. The first kappa shape index (κ1) is 12.2. The summed E-state index contributed by atoms with van der Waals surface area (Å²) >= 11 is 0. The first-order chi connectivity index (χ1) is 8.66. The standard InChI is InChI=1S/C13H16N4O/c1-10(18)12-3-2-11(8-13(12)14)16-5-7-17-6-4-15-9-17/h2-4,6,8-9,16H,5,7,14H2,1H3. The summed E-state index contributed by atoms with van der Waals surface area (Å²) in [6, 6.07) is 5.39. The molecule has 2 aromatic rings. The summed E-state index contributed by atoms with van der Waals surface area (Å²) in [5.74, 6) is -0.0162. The number of carbonyl (C=O) groups is 1. The molecule has 18 heavy (non-hydrogen) atoms. The van der Waals surface area contributed by atoms with E-state index in [0.29, 0.717) is 11.3 Å². The number of hydrogen-bond donors (Lipinski definition) is 2.